The summed E-state index contributed by atoms with van der Waals surface area (Å²) in [6, 6.07) is 6.61. The fourth-order valence-corrected chi connectivity index (χ4v) is 1.90. The van der Waals surface area contributed by atoms with Crippen molar-refractivity contribution in [3.05, 3.63) is 41.5 Å². The standard InChI is InChI=1S/C14H22N2/c1-11-6-12(2)8-14(7-11)16(5)10-13(3)9-15-4/h6-8,15H,3,9-10H2,1-2,4-5H3. The lowest BCUT2D eigenvalue weighted by molar-refractivity contribution is 0.840. The third-order valence-electron chi connectivity index (χ3n) is 2.53. The van der Waals surface area contributed by atoms with Crippen LogP contribution in [0.25, 0.3) is 0 Å². The molecule has 0 bridgehead atoms. The number of anilines is 1. The molecule has 1 rings (SSSR count). The van der Waals surface area contributed by atoms with E-state index >= 15 is 0 Å². The quantitative estimate of drug-likeness (QED) is 0.764. The van der Waals surface area contributed by atoms with Crippen molar-refractivity contribution in [2.45, 2.75) is 13.8 Å². The van der Waals surface area contributed by atoms with E-state index in [0.717, 1.165) is 13.1 Å². The van der Waals surface area contributed by atoms with Gasteiger partial charge in [0.25, 0.3) is 0 Å². The van der Waals surface area contributed by atoms with Gasteiger partial charge in [0.1, 0.15) is 0 Å². The van der Waals surface area contributed by atoms with E-state index in [9.17, 15) is 0 Å². The minimum Gasteiger partial charge on any atom is -0.371 e. The van der Waals surface area contributed by atoms with Gasteiger partial charge in [-0.3, -0.25) is 0 Å². The maximum absolute atomic E-state index is 4.05. The Morgan fingerprint density at radius 1 is 1.25 bits per heavy atom. The fraction of sp³-hybridized carbons (Fsp3) is 0.429. The van der Waals surface area contributed by atoms with Gasteiger partial charge < -0.3 is 10.2 Å². The van der Waals surface area contributed by atoms with Gasteiger partial charge in [-0.05, 0) is 49.7 Å². The molecule has 0 aliphatic carbocycles. The molecule has 0 fully saturated rings. The summed E-state index contributed by atoms with van der Waals surface area (Å²) in [6.45, 7) is 10.1. The highest BCUT2D eigenvalue weighted by Gasteiger charge is 2.03. The maximum atomic E-state index is 4.05. The summed E-state index contributed by atoms with van der Waals surface area (Å²) < 4.78 is 0. The summed E-state index contributed by atoms with van der Waals surface area (Å²) in [5.41, 5.74) is 5.07. The van der Waals surface area contributed by atoms with Gasteiger partial charge in [0.2, 0.25) is 0 Å². The Kier molecular flexibility index (Phi) is 4.56. The van der Waals surface area contributed by atoms with Crippen LogP contribution in [0.3, 0.4) is 0 Å². The van der Waals surface area contributed by atoms with Crippen LogP contribution in [0.5, 0.6) is 0 Å². The monoisotopic (exact) mass is 218 g/mol. The molecule has 1 N–H and O–H groups in total. The number of likely N-dealkylation sites (N-methyl/N-ethyl adjacent to an activating group) is 2. The Morgan fingerprint density at radius 3 is 2.31 bits per heavy atom. The van der Waals surface area contributed by atoms with E-state index in [1.165, 1.54) is 22.4 Å². The molecule has 0 saturated carbocycles. The van der Waals surface area contributed by atoms with E-state index < -0.39 is 0 Å². The Hall–Kier alpha value is -1.28. The second-order valence-electron chi connectivity index (χ2n) is 4.48. The highest BCUT2D eigenvalue weighted by molar-refractivity contribution is 5.51. The minimum absolute atomic E-state index is 0.870. The van der Waals surface area contributed by atoms with Gasteiger partial charge in [0, 0.05) is 25.8 Å². The van der Waals surface area contributed by atoms with Crippen molar-refractivity contribution in [3.63, 3.8) is 0 Å². The van der Waals surface area contributed by atoms with Crippen molar-refractivity contribution in [2.75, 3.05) is 32.1 Å². The largest absolute Gasteiger partial charge is 0.371 e. The average molecular weight is 218 g/mol. The number of hydrogen-bond donors (Lipinski definition) is 1. The molecule has 0 aliphatic heterocycles. The molecule has 0 amide bonds. The summed E-state index contributed by atoms with van der Waals surface area (Å²) in [7, 11) is 4.05. The SMILES string of the molecule is C=C(CNC)CN(C)c1cc(C)cc(C)c1. The van der Waals surface area contributed by atoms with Gasteiger partial charge >= 0.3 is 0 Å². The van der Waals surface area contributed by atoms with Crippen LogP contribution in [0.4, 0.5) is 5.69 Å². The zero-order valence-electron chi connectivity index (χ0n) is 10.8. The van der Waals surface area contributed by atoms with Crippen molar-refractivity contribution < 1.29 is 0 Å². The van der Waals surface area contributed by atoms with Crippen molar-refractivity contribution in [1.82, 2.24) is 5.32 Å². The van der Waals surface area contributed by atoms with E-state index in [1.54, 1.807) is 0 Å². The molecule has 1 aromatic carbocycles. The number of hydrogen-bond acceptors (Lipinski definition) is 2. The molecule has 2 nitrogen and oxygen atoms in total. The summed E-state index contributed by atoms with van der Waals surface area (Å²) in [5, 5.41) is 3.12. The van der Waals surface area contributed by atoms with Crippen molar-refractivity contribution in [2.24, 2.45) is 0 Å². The van der Waals surface area contributed by atoms with Crippen molar-refractivity contribution in [1.29, 1.82) is 0 Å². The summed E-state index contributed by atoms with van der Waals surface area (Å²) in [6.07, 6.45) is 0. The predicted molar refractivity (Wildman–Crippen MR) is 72.3 cm³/mol. The third-order valence-corrected chi connectivity index (χ3v) is 2.53. The molecule has 1 aromatic rings. The molecule has 0 unspecified atom stereocenters. The van der Waals surface area contributed by atoms with E-state index in [2.05, 4.69) is 55.9 Å². The van der Waals surface area contributed by atoms with Crippen molar-refractivity contribution in [3.8, 4) is 0 Å². The van der Waals surface area contributed by atoms with Crippen LogP contribution in [0.2, 0.25) is 0 Å². The van der Waals surface area contributed by atoms with Gasteiger partial charge in [-0.25, -0.2) is 0 Å². The van der Waals surface area contributed by atoms with E-state index in [-0.39, 0.29) is 0 Å². The first-order valence-corrected chi connectivity index (χ1v) is 5.63. The van der Waals surface area contributed by atoms with Crippen LogP contribution in [0.15, 0.2) is 30.4 Å². The molecule has 16 heavy (non-hydrogen) atoms. The van der Waals surface area contributed by atoms with Crippen LogP contribution in [0, 0.1) is 13.8 Å². The van der Waals surface area contributed by atoms with Crippen LogP contribution >= 0.6 is 0 Å². The smallest absolute Gasteiger partial charge is 0.0395 e. The predicted octanol–water partition coefficient (Wildman–Crippen LogP) is 2.52. The highest BCUT2D eigenvalue weighted by Crippen LogP contribution is 2.17. The molecule has 0 spiro atoms. The van der Waals surface area contributed by atoms with Gasteiger partial charge in [-0.15, -0.1) is 0 Å². The lowest BCUT2D eigenvalue weighted by atomic mass is 10.1. The molecule has 0 heterocycles. The zero-order chi connectivity index (χ0) is 12.1. The van der Waals surface area contributed by atoms with E-state index in [4.69, 9.17) is 0 Å². The third kappa shape index (κ3) is 3.70. The number of rotatable bonds is 5. The van der Waals surface area contributed by atoms with Gasteiger partial charge in [0.05, 0.1) is 0 Å². The molecular weight excluding hydrogens is 196 g/mol. The molecule has 0 saturated heterocycles. The topological polar surface area (TPSA) is 15.3 Å². The Morgan fingerprint density at radius 2 is 1.81 bits per heavy atom. The summed E-state index contributed by atoms with van der Waals surface area (Å²) >= 11 is 0. The van der Waals surface area contributed by atoms with Crippen molar-refractivity contribution >= 4 is 5.69 Å². The molecule has 0 radical (unpaired) electrons. The van der Waals surface area contributed by atoms with Gasteiger partial charge in [-0.2, -0.15) is 0 Å². The first-order valence-electron chi connectivity index (χ1n) is 5.63. The maximum Gasteiger partial charge on any atom is 0.0395 e. The molecule has 0 aliphatic rings. The molecular formula is C14H22N2. The molecule has 2 heteroatoms. The normalized spacial score (nSPS) is 10.2. The van der Waals surface area contributed by atoms with Gasteiger partial charge in [0.15, 0.2) is 0 Å². The number of aryl methyl sites for hydroxylation is 2. The van der Waals surface area contributed by atoms with Gasteiger partial charge in [-0.1, -0.05) is 12.6 Å². The highest BCUT2D eigenvalue weighted by atomic mass is 15.1. The zero-order valence-corrected chi connectivity index (χ0v) is 10.8. The first-order chi connectivity index (χ1) is 7.52. The Bertz CT molecular complexity index is 349. The Labute approximate surface area is 99.0 Å². The number of benzene rings is 1. The summed E-state index contributed by atoms with van der Waals surface area (Å²) in [4.78, 5) is 2.24. The fourth-order valence-electron chi connectivity index (χ4n) is 1.90. The lowest BCUT2D eigenvalue weighted by Crippen LogP contribution is -2.24. The Balaban J connectivity index is 2.72. The van der Waals surface area contributed by atoms with Crippen LogP contribution in [-0.4, -0.2) is 27.2 Å². The number of nitrogens with one attached hydrogen (secondary N) is 1. The van der Waals surface area contributed by atoms with Crippen LogP contribution in [0.1, 0.15) is 11.1 Å². The molecule has 0 atom stereocenters. The average Bonchev–Trinajstić information content (AvgIpc) is 2.16. The van der Waals surface area contributed by atoms with E-state index in [0.29, 0.717) is 0 Å². The molecule has 0 aromatic heterocycles. The molecule has 88 valence electrons. The van der Waals surface area contributed by atoms with E-state index in [1.807, 2.05) is 7.05 Å². The summed E-state index contributed by atoms with van der Waals surface area (Å²) in [5.74, 6) is 0. The minimum atomic E-state index is 0.870. The lowest BCUT2D eigenvalue weighted by Gasteiger charge is -2.21. The second-order valence-corrected chi connectivity index (χ2v) is 4.48. The first kappa shape index (κ1) is 12.8. The number of nitrogens with zero attached hydrogens (tertiary/aromatic N) is 1. The second kappa shape index (κ2) is 5.71. The van der Waals surface area contributed by atoms with Crippen LogP contribution < -0.4 is 10.2 Å². The van der Waals surface area contributed by atoms with Crippen LogP contribution in [-0.2, 0) is 0 Å².